The first kappa shape index (κ1) is 14.1. The summed E-state index contributed by atoms with van der Waals surface area (Å²) in [5, 5.41) is 0. The first-order valence-electron chi connectivity index (χ1n) is 4.82. The van der Waals surface area contributed by atoms with Crippen molar-refractivity contribution in [2.24, 2.45) is 0 Å². The summed E-state index contributed by atoms with van der Waals surface area (Å²) in [6.45, 7) is 4.80. The molecule has 0 aromatic rings. The highest BCUT2D eigenvalue weighted by Gasteiger charge is 2.28. The van der Waals surface area contributed by atoms with Crippen LogP contribution in [0.1, 0.15) is 20.8 Å². The molecule has 0 saturated carbocycles. The van der Waals surface area contributed by atoms with E-state index in [1.165, 1.54) is 23.6 Å². The lowest BCUT2D eigenvalue weighted by molar-refractivity contribution is -0.145. The van der Waals surface area contributed by atoms with Crippen LogP contribution in [0.3, 0.4) is 0 Å². The van der Waals surface area contributed by atoms with Gasteiger partial charge < -0.3 is 14.2 Å². The van der Waals surface area contributed by atoms with Crippen LogP contribution in [0.5, 0.6) is 0 Å². The predicted octanol–water partition coefficient (Wildman–Crippen LogP) is -1.05. The normalized spacial score (nSPS) is 12.7. The van der Waals surface area contributed by atoms with E-state index in [2.05, 4.69) is 0 Å². The highest BCUT2D eigenvalue weighted by Crippen LogP contribution is 2.10. The molecule has 0 radical (unpaired) electrons. The summed E-state index contributed by atoms with van der Waals surface area (Å²) in [5.41, 5.74) is 0. The molecule has 0 aliphatic heterocycles. The first-order valence-corrected chi connectivity index (χ1v) is 5.64. The van der Waals surface area contributed by atoms with Crippen LogP contribution >= 0.6 is 0 Å². The van der Waals surface area contributed by atoms with E-state index in [4.69, 9.17) is 4.43 Å². The van der Waals surface area contributed by atoms with E-state index in [-0.39, 0.29) is 24.1 Å². The number of likely N-dealkylation sites (N-methyl/N-ethyl adjacent to an activating group) is 2. The van der Waals surface area contributed by atoms with Crippen molar-refractivity contribution in [2.45, 2.75) is 33.0 Å². The second-order valence-electron chi connectivity index (χ2n) is 3.61. The highest BCUT2D eigenvalue weighted by molar-refractivity contribution is 5.98. The third kappa shape index (κ3) is 3.64. The maximum absolute atomic E-state index is 11.3. The maximum atomic E-state index is 11.3. The Morgan fingerprint density at radius 2 is 1.47 bits per heavy atom. The van der Waals surface area contributed by atoms with Crippen molar-refractivity contribution >= 4 is 22.3 Å². The molecule has 0 saturated heterocycles. The molecule has 0 fully saturated rings. The van der Waals surface area contributed by atoms with Crippen LogP contribution < -0.4 is 0 Å². The van der Waals surface area contributed by atoms with Gasteiger partial charge in [0.25, 0.3) is 0 Å². The van der Waals surface area contributed by atoms with Crippen LogP contribution in [-0.4, -0.2) is 58.5 Å². The van der Waals surface area contributed by atoms with Gasteiger partial charge in [0.15, 0.2) is 0 Å². The zero-order valence-corrected chi connectivity index (χ0v) is 12.3. The Balaban J connectivity index is 4.87. The Morgan fingerprint density at radius 3 is 1.67 bits per heavy atom. The summed E-state index contributed by atoms with van der Waals surface area (Å²) < 4.78 is 5.31. The minimum atomic E-state index is -0.336. The Labute approximate surface area is 93.9 Å². The standard InChI is InChI=1S/C9H20N2O3Si/c1-6(14-15)9(10(4)7(2)12)11(5)8(3)13/h6,9H,1-5,15H3. The number of rotatable bonds is 4. The molecule has 5 nitrogen and oxygen atoms in total. The predicted molar refractivity (Wildman–Crippen MR) is 61.2 cm³/mol. The van der Waals surface area contributed by atoms with Gasteiger partial charge in [0, 0.05) is 27.9 Å². The third-order valence-electron chi connectivity index (χ3n) is 2.58. The van der Waals surface area contributed by atoms with Crippen LogP contribution in [0, 0.1) is 0 Å². The summed E-state index contributed by atoms with van der Waals surface area (Å²) in [4.78, 5) is 25.6. The number of amides is 2. The summed E-state index contributed by atoms with van der Waals surface area (Å²) >= 11 is 0. The van der Waals surface area contributed by atoms with Crippen molar-refractivity contribution in [3.8, 4) is 0 Å². The van der Waals surface area contributed by atoms with E-state index in [1.54, 1.807) is 14.1 Å². The molecule has 0 spiro atoms. The monoisotopic (exact) mass is 232 g/mol. The fraction of sp³-hybridized carbons (Fsp3) is 0.778. The molecule has 2 amide bonds. The molecule has 1 unspecified atom stereocenters. The topological polar surface area (TPSA) is 49.9 Å². The number of carbonyl (C=O) groups is 2. The summed E-state index contributed by atoms with van der Waals surface area (Å²) in [7, 11) is 3.92. The molecule has 0 aliphatic rings. The lowest BCUT2D eigenvalue weighted by atomic mass is 10.2. The average molecular weight is 232 g/mol. The van der Waals surface area contributed by atoms with E-state index in [0.29, 0.717) is 10.5 Å². The lowest BCUT2D eigenvalue weighted by Gasteiger charge is -2.38. The van der Waals surface area contributed by atoms with Crippen LogP contribution in [-0.2, 0) is 14.0 Å². The molecule has 0 rings (SSSR count). The minimum Gasteiger partial charge on any atom is -0.421 e. The van der Waals surface area contributed by atoms with Gasteiger partial charge in [0.05, 0.1) is 6.10 Å². The van der Waals surface area contributed by atoms with Gasteiger partial charge in [-0.1, -0.05) is 0 Å². The van der Waals surface area contributed by atoms with Crippen LogP contribution in [0.25, 0.3) is 0 Å². The lowest BCUT2D eigenvalue weighted by Crippen LogP contribution is -2.54. The smallest absolute Gasteiger partial charge is 0.220 e. The number of hydrogen-bond acceptors (Lipinski definition) is 3. The van der Waals surface area contributed by atoms with Gasteiger partial charge in [-0.3, -0.25) is 9.59 Å². The average Bonchev–Trinajstić information content (AvgIpc) is 2.16. The van der Waals surface area contributed by atoms with Gasteiger partial charge in [-0.05, 0) is 6.92 Å². The van der Waals surface area contributed by atoms with Crippen molar-refractivity contribution < 1.29 is 14.0 Å². The number of nitrogens with zero attached hydrogens (tertiary/aromatic N) is 2. The maximum Gasteiger partial charge on any atom is 0.220 e. The van der Waals surface area contributed by atoms with Crippen molar-refractivity contribution in [3.63, 3.8) is 0 Å². The molecule has 1 atom stereocenters. The molecule has 0 bridgehead atoms. The van der Waals surface area contributed by atoms with Crippen molar-refractivity contribution in [1.82, 2.24) is 9.80 Å². The van der Waals surface area contributed by atoms with Gasteiger partial charge in [-0.25, -0.2) is 0 Å². The van der Waals surface area contributed by atoms with E-state index in [1.807, 2.05) is 6.92 Å². The second-order valence-corrected chi connectivity index (χ2v) is 4.09. The van der Waals surface area contributed by atoms with Crippen LogP contribution in [0.4, 0.5) is 0 Å². The minimum absolute atomic E-state index is 0.0846. The summed E-state index contributed by atoms with van der Waals surface area (Å²) in [6.07, 6.45) is -0.503. The molecular weight excluding hydrogens is 212 g/mol. The molecular formula is C9H20N2O3Si. The largest absolute Gasteiger partial charge is 0.421 e. The molecule has 0 aromatic carbocycles. The summed E-state index contributed by atoms with van der Waals surface area (Å²) in [5.74, 6) is -0.169. The zero-order valence-electron chi connectivity index (χ0n) is 10.3. The van der Waals surface area contributed by atoms with E-state index >= 15 is 0 Å². The Hall–Kier alpha value is -0.883. The number of carbonyl (C=O) groups excluding carboxylic acids is 2. The van der Waals surface area contributed by atoms with Gasteiger partial charge in [0.1, 0.15) is 16.7 Å². The molecule has 0 aliphatic carbocycles. The van der Waals surface area contributed by atoms with Gasteiger partial charge in [-0.2, -0.15) is 0 Å². The molecule has 15 heavy (non-hydrogen) atoms. The quantitative estimate of drug-likeness (QED) is 0.459. The Kier molecular flexibility index (Phi) is 5.52. The van der Waals surface area contributed by atoms with Crippen LogP contribution in [0.15, 0.2) is 0 Å². The van der Waals surface area contributed by atoms with Crippen molar-refractivity contribution in [3.05, 3.63) is 0 Å². The van der Waals surface area contributed by atoms with Crippen molar-refractivity contribution in [2.75, 3.05) is 14.1 Å². The van der Waals surface area contributed by atoms with E-state index in [9.17, 15) is 9.59 Å². The van der Waals surface area contributed by atoms with Gasteiger partial charge in [-0.15, -0.1) is 0 Å². The van der Waals surface area contributed by atoms with Gasteiger partial charge in [0.2, 0.25) is 11.8 Å². The molecule has 6 heteroatoms. The highest BCUT2D eigenvalue weighted by atomic mass is 28.2. The van der Waals surface area contributed by atoms with Gasteiger partial charge >= 0.3 is 0 Å². The summed E-state index contributed by atoms with van der Waals surface area (Å²) in [6, 6.07) is 0. The van der Waals surface area contributed by atoms with E-state index in [0.717, 1.165) is 0 Å². The second kappa shape index (κ2) is 5.87. The van der Waals surface area contributed by atoms with E-state index < -0.39 is 0 Å². The van der Waals surface area contributed by atoms with Crippen LogP contribution in [0.2, 0.25) is 0 Å². The fourth-order valence-corrected chi connectivity index (χ4v) is 1.63. The van der Waals surface area contributed by atoms with Crippen molar-refractivity contribution in [1.29, 1.82) is 0 Å². The number of hydrogen-bond donors (Lipinski definition) is 0. The molecule has 0 aromatic heterocycles. The Morgan fingerprint density at radius 1 is 1.13 bits per heavy atom. The molecule has 0 heterocycles. The third-order valence-corrected chi connectivity index (χ3v) is 3.32. The molecule has 88 valence electrons. The zero-order chi connectivity index (χ0) is 12.2. The first-order chi connectivity index (χ1) is 6.82. The molecule has 0 N–H and O–H groups in total. The Bertz CT molecular complexity index is 228. The fourth-order valence-electron chi connectivity index (χ4n) is 1.38. The SMILES string of the molecule is CC(=O)N(C)C(C(C)O[SiH3])N(C)C(C)=O.